The molecule has 2 aromatic carbocycles. The number of hydrogen-bond donors (Lipinski definition) is 1. The molecule has 2 N–H and O–H groups in total. The van der Waals surface area contributed by atoms with Crippen molar-refractivity contribution in [2.24, 2.45) is 5.73 Å². The largest absolute Gasteiger partial charge is 0.339 e. The molecule has 96 valence electrons. The first kappa shape index (κ1) is 12.3. The molecule has 0 amide bonds. The lowest BCUT2D eigenvalue weighted by Crippen LogP contribution is -2.08. The fourth-order valence-corrected chi connectivity index (χ4v) is 2.65. The molecular formula is C16H15ClN2. The zero-order valence-corrected chi connectivity index (χ0v) is 11.3. The van der Waals surface area contributed by atoms with Crippen LogP contribution in [0.2, 0.25) is 5.02 Å². The minimum atomic E-state index is 0.537. The molecule has 19 heavy (non-hydrogen) atoms. The van der Waals surface area contributed by atoms with Crippen LogP contribution in [0.3, 0.4) is 0 Å². The lowest BCUT2D eigenvalue weighted by Gasteiger charge is -2.10. The van der Waals surface area contributed by atoms with Crippen LogP contribution in [0.15, 0.2) is 54.6 Å². The highest BCUT2D eigenvalue weighted by molar-refractivity contribution is 6.30. The Balaban J connectivity index is 2.08. The fraction of sp³-hybridized carbons (Fsp3) is 0.125. The molecule has 3 rings (SSSR count). The van der Waals surface area contributed by atoms with Crippen molar-refractivity contribution in [2.45, 2.75) is 13.1 Å². The van der Waals surface area contributed by atoms with E-state index in [1.165, 1.54) is 16.5 Å². The van der Waals surface area contributed by atoms with E-state index in [9.17, 15) is 0 Å². The summed E-state index contributed by atoms with van der Waals surface area (Å²) >= 11 is 6.04. The summed E-state index contributed by atoms with van der Waals surface area (Å²) in [5.41, 5.74) is 9.39. The van der Waals surface area contributed by atoms with Crippen LogP contribution in [0.1, 0.15) is 11.3 Å². The molecule has 0 aliphatic carbocycles. The Morgan fingerprint density at radius 1 is 1.00 bits per heavy atom. The average Bonchev–Trinajstić information content (AvgIpc) is 2.77. The van der Waals surface area contributed by atoms with Gasteiger partial charge in [-0.3, -0.25) is 0 Å². The molecule has 0 spiro atoms. The number of hydrogen-bond acceptors (Lipinski definition) is 1. The summed E-state index contributed by atoms with van der Waals surface area (Å²) in [7, 11) is 0. The fourth-order valence-electron chi connectivity index (χ4n) is 2.44. The van der Waals surface area contributed by atoms with Gasteiger partial charge in [0, 0.05) is 29.3 Å². The third kappa shape index (κ3) is 2.37. The standard InChI is InChI=1S/C16H15ClN2/c17-14-6-3-4-12(8-14)11-19-15(10-18)9-13-5-1-2-7-16(13)19/h1-9H,10-11,18H2. The molecule has 0 fully saturated rings. The van der Waals surface area contributed by atoms with E-state index >= 15 is 0 Å². The summed E-state index contributed by atoms with van der Waals surface area (Å²) in [5, 5.41) is 1.99. The number of benzene rings is 2. The van der Waals surface area contributed by atoms with Gasteiger partial charge in [-0.15, -0.1) is 0 Å². The van der Waals surface area contributed by atoms with Crippen molar-refractivity contribution >= 4 is 22.5 Å². The van der Waals surface area contributed by atoms with Gasteiger partial charge in [-0.05, 0) is 35.2 Å². The summed E-state index contributed by atoms with van der Waals surface area (Å²) in [6.07, 6.45) is 0. The van der Waals surface area contributed by atoms with Gasteiger partial charge in [0.2, 0.25) is 0 Å². The van der Waals surface area contributed by atoms with Gasteiger partial charge in [-0.25, -0.2) is 0 Å². The van der Waals surface area contributed by atoms with Crippen molar-refractivity contribution in [3.63, 3.8) is 0 Å². The minimum absolute atomic E-state index is 0.537. The van der Waals surface area contributed by atoms with Crippen LogP contribution < -0.4 is 5.73 Å². The lowest BCUT2D eigenvalue weighted by atomic mass is 10.2. The van der Waals surface area contributed by atoms with Gasteiger partial charge in [-0.2, -0.15) is 0 Å². The van der Waals surface area contributed by atoms with Crippen LogP contribution in [-0.4, -0.2) is 4.57 Å². The maximum absolute atomic E-state index is 6.04. The van der Waals surface area contributed by atoms with Crippen molar-refractivity contribution < 1.29 is 0 Å². The number of nitrogens with two attached hydrogens (primary N) is 1. The highest BCUT2D eigenvalue weighted by Crippen LogP contribution is 2.21. The first-order valence-electron chi connectivity index (χ1n) is 6.29. The third-order valence-corrected chi connectivity index (χ3v) is 3.57. The van der Waals surface area contributed by atoms with E-state index in [0.29, 0.717) is 6.54 Å². The van der Waals surface area contributed by atoms with Gasteiger partial charge in [0.15, 0.2) is 0 Å². The second-order valence-corrected chi connectivity index (χ2v) is 5.05. The van der Waals surface area contributed by atoms with Crippen molar-refractivity contribution in [1.82, 2.24) is 4.57 Å². The van der Waals surface area contributed by atoms with Gasteiger partial charge in [0.25, 0.3) is 0 Å². The van der Waals surface area contributed by atoms with Gasteiger partial charge in [-0.1, -0.05) is 41.9 Å². The second-order valence-electron chi connectivity index (χ2n) is 4.61. The van der Waals surface area contributed by atoms with E-state index in [1.807, 2.05) is 24.3 Å². The highest BCUT2D eigenvalue weighted by atomic mass is 35.5. The van der Waals surface area contributed by atoms with E-state index in [0.717, 1.165) is 17.3 Å². The Labute approximate surface area is 117 Å². The van der Waals surface area contributed by atoms with Gasteiger partial charge < -0.3 is 10.3 Å². The molecule has 2 nitrogen and oxygen atoms in total. The van der Waals surface area contributed by atoms with Crippen molar-refractivity contribution in [3.8, 4) is 0 Å². The summed E-state index contributed by atoms with van der Waals surface area (Å²) in [6.45, 7) is 1.33. The molecule has 0 radical (unpaired) electrons. The maximum atomic E-state index is 6.04. The molecule has 0 saturated heterocycles. The molecule has 0 atom stereocenters. The van der Waals surface area contributed by atoms with Crippen LogP contribution in [0.5, 0.6) is 0 Å². The summed E-state index contributed by atoms with van der Waals surface area (Å²) in [4.78, 5) is 0. The first-order chi connectivity index (χ1) is 9.28. The normalized spacial score (nSPS) is 11.1. The Kier molecular flexibility index (Phi) is 3.28. The predicted molar refractivity (Wildman–Crippen MR) is 80.4 cm³/mol. The number of fused-ring (bicyclic) bond motifs is 1. The molecule has 3 aromatic rings. The second kappa shape index (κ2) is 5.08. The van der Waals surface area contributed by atoms with E-state index < -0.39 is 0 Å². The SMILES string of the molecule is NCc1cc2ccccc2n1Cc1cccc(Cl)c1. The quantitative estimate of drug-likeness (QED) is 0.771. The van der Waals surface area contributed by atoms with Crippen LogP contribution in [0.25, 0.3) is 10.9 Å². The minimum Gasteiger partial charge on any atom is -0.339 e. The molecule has 3 heteroatoms. The number of para-hydroxylation sites is 1. The number of aromatic nitrogens is 1. The van der Waals surface area contributed by atoms with E-state index in [4.69, 9.17) is 17.3 Å². The maximum Gasteiger partial charge on any atom is 0.0486 e. The molecule has 0 unspecified atom stereocenters. The molecular weight excluding hydrogens is 256 g/mol. The first-order valence-corrected chi connectivity index (χ1v) is 6.67. The molecule has 0 saturated carbocycles. The van der Waals surface area contributed by atoms with Gasteiger partial charge in [0.05, 0.1) is 0 Å². The number of nitrogens with zero attached hydrogens (tertiary/aromatic N) is 1. The molecule has 0 aliphatic heterocycles. The topological polar surface area (TPSA) is 30.9 Å². The Morgan fingerprint density at radius 3 is 2.63 bits per heavy atom. The van der Waals surface area contributed by atoms with Crippen LogP contribution in [0, 0.1) is 0 Å². The van der Waals surface area contributed by atoms with Crippen molar-refractivity contribution in [1.29, 1.82) is 0 Å². The van der Waals surface area contributed by atoms with Crippen molar-refractivity contribution in [2.75, 3.05) is 0 Å². The molecule has 0 bridgehead atoms. The zero-order chi connectivity index (χ0) is 13.2. The number of halogens is 1. The lowest BCUT2D eigenvalue weighted by molar-refractivity contribution is 0.768. The van der Waals surface area contributed by atoms with Crippen LogP contribution in [-0.2, 0) is 13.1 Å². The van der Waals surface area contributed by atoms with Crippen LogP contribution >= 0.6 is 11.6 Å². The smallest absolute Gasteiger partial charge is 0.0486 e. The summed E-state index contributed by atoms with van der Waals surface area (Å²) < 4.78 is 2.25. The molecule has 1 heterocycles. The van der Waals surface area contributed by atoms with Crippen molar-refractivity contribution in [3.05, 3.63) is 70.9 Å². The molecule has 1 aromatic heterocycles. The Bertz CT molecular complexity index is 716. The van der Waals surface area contributed by atoms with E-state index in [-0.39, 0.29) is 0 Å². The Morgan fingerprint density at radius 2 is 1.84 bits per heavy atom. The zero-order valence-electron chi connectivity index (χ0n) is 10.5. The monoisotopic (exact) mass is 270 g/mol. The summed E-state index contributed by atoms with van der Waals surface area (Å²) in [5.74, 6) is 0. The number of rotatable bonds is 3. The Hall–Kier alpha value is -1.77. The predicted octanol–water partition coefficient (Wildman–Crippen LogP) is 3.80. The summed E-state index contributed by atoms with van der Waals surface area (Å²) in [6, 6.07) is 18.4. The van der Waals surface area contributed by atoms with Gasteiger partial charge >= 0.3 is 0 Å². The molecule has 0 aliphatic rings. The van der Waals surface area contributed by atoms with Gasteiger partial charge in [0.1, 0.15) is 0 Å². The van der Waals surface area contributed by atoms with E-state index in [1.54, 1.807) is 0 Å². The average molecular weight is 271 g/mol. The van der Waals surface area contributed by atoms with E-state index in [2.05, 4.69) is 34.9 Å². The third-order valence-electron chi connectivity index (χ3n) is 3.34. The highest BCUT2D eigenvalue weighted by Gasteiger charge is 2.07. The van der Waals surface area contributed by atoms with Crippen LogP contribution in [0.4, 0.5) is 0 Å².